The third kappa shape index (κ3) is 3.09. The lowest BCUT2D eigenvalue weighted by Gasteiger charge is -2.30. The van der Waals surface area contributed by atoms with Crippen molar-refractivity contribution in [3.8, 4) is 0 Å². The fourth-order valence-electron chi connectivity index (χ4n) is 2.17. The van der Waals surface area contributed by atoms with E-state index in [1.807, 2.05) is 11.8 Å². The smallest absolute Gasteiger partial charge is 0.228 e. The van der Waals surface area contributed by atoms with Gasteiger partial charge in [0.25, 0.3) is 0 Å². The molecule has 2 heterocycles. The van der Waals surface area contributed by atoms with Crippen LogP contribution in [0.25, 0.3) is 0 Å². The Labute approximate surface area is 103 Å². The molecule has 2 aliphatic heterocycles. The van der Waals surface area contributed by atoms with Crippen LogP contribution in [0.1, 0.15) is 13.3 Å². The number of halogens is 1. The van der Waals surface area contributed by atoms with Crippen LogP contribution >= 0.6 is 12.4 Å². The summed E-state index contributed by atoms with van der Waals surface area (Å²) in [7, 11) is 0. The Morgan fingerprint density at radius 3 is 2.81 bits per heavy atom. The largest absolute Gasteiger partial charge is 0.381 e. The Bertz CT molecular complexity index is 234. The first-order valence-corrected chi connectivity index (χ1v) is 5.88. The van der Waals surface area contributed by atoms with Gasteiger partial charge in [-0.3, -0.25) is 4.79 Å². The topological polar surface area (TPSA) is 41.6 Å². The molecule has 2 rings (SSSR count). The lowest BCUT2D eigenvalue weighted by Crippen LogP contribution is -2.51. The minimum absolute atomic E-state index is 0. The summed E-state index contributed by atoms with van der Waals surface area (Å²) in [5.41, 5.74) is 0. The van der Waals surface area contributed by atoms with E-state index in [1.165, 1.54) is 0 Å². The van der Waals surface area contributed by atoms with Crippen molar-refractivity contribution < 1.29 is 9.53 Å². The molecular weight excluding hydrogens is 228 g/mol. The third-order valence-electron chi connectivity index (χ3n) is 3.29. The molecule has 94 valence electrons. The van der Waals surface area contributed by atoms with Crippen LogP contribution in [-0.4, -0.2) is 50.2 Å². The molecule has 1 N–H and O–H groups in total. The van der Waals surface area contributed by atoms with Gasteiger partial charge in [0.05, 0.1) is 12.5 Å². The number of carbonyl (C=O) groups excluding carboxylic acids is 1. The van der Waals surface area contributed by atoms with E-state index in [9.17, 15) is 4.79 Å². The average Bonchev–Trinajstić information content (AvgIpc) is 2.60. The van der Waals surface area contributed by atoms with E-state index in [2.05, 4.69) is 5.32 Å². The zero-order valence-electron chi connectivity index (χ0n) is 9.78. The molecule has 4 nitrogen and oxygen atoms in total. The lowest BCUT2D eigenvalue weighted by atomic mass is 10.0. The van der Waals surface area contributed by atoms with Crippen molar-refractivity contribution in [3.63, 3.8) is 0 Å². The number of nitrogens with zero attached hydrogens (tertiary/aromatic N) is 1. The number of amides is 1. The highest BCUT2D eigenvalue weighted by atomic mass is 35.5. The molecule has 2 aliphatic rings. The minimum Gasteiger partial charge on any atom is -0.381 e. The first-order chi connectivity index (χ1) is 7.31. The predicted octanol–water partition coefficient (Wildman–Crippen LogP) is 0.513. The highest BCUT2D eigenvalue weighted by molar-refractivity contribution is 5.85. The second kappa shape index (κ2) is 6.42. The number of hydrogen-bond donors (Lipinski definition) is 1. The van der Waals surface area contributed by atoms with Crippen LogP contribution in [0.15, 0.2) is 0 Å². The van der Waals surface area contributed by atoms with Crippen LogP contribution in [0.5, 0.6) is 0 Å². The Balaban J connectivity index is 0.00000128. The van der Waals surface area contributed by atoms with Crippen LogP contribution < -0.4 is 5.32 Å². The van der Waals surface area contributed by atoms with Crippen LogP contribution in [0.2, 0.25) is 0 Å². The standard InChI is InChI=1S/C11H20N2O2.ClH/c1-2-15-8-9-3-4-13(7-9)11(14)10-5-12-6-10;/h9-10,12H,2-8H2,1H3;1H. The molecule has 0 aromatic heterocycles. The molecule has 2 fully saturated rings. The number of hydrogen-bond acceptors (Lipinski definition) is 3. The summed E-state index contributed by atoms with van der Waals surface area (Å²) < 4.78 is 5.40. The zero-order valence-corrected chi connectivity index (χ0v) is 10.6. The fraction of sp³-hybridized carbons (Fsp3) is 0.909. The molecule has 1 atom stereocenters. The van der Waals surface area contributed by atoms with Gasteiger partial charge in [0.2, 0.25) is 5.91 Å². The maximum Gasteiger partial charge on any atom is 0.228 e. The molecule has 0 radical (unpaired) electrons. The number of nitrogens with one attached hydrogen (secondary N) is 1. The van der Waals surface area contributed by atoms with Crippen molar-refractivity contribution in [2.24, 2.45) is 11.8 Å². The van der Waals surface area contributed by atoms with Crippen LogP contribution in [0.4, 0.5) is 0 Å². The van der Waals surface area contributed by atoms with Gasteiger partial charge in [0.1, 0.15) is 0 Å². The molecular formula is C11H21ClN2O2. The number of likely N-dealkylation sites (tertiary alicyclic amines) is 1. The summed E-state index contributed by atoms with van der Waals surface area (Å²) in [6.07, 6.45) is 1.10. The van der Waals surface area contributed by atoms with Gasteiger partial charge in [-0.15, -0.1) is 12.4 Å². The predicted molar refractivity (Wildman–Crippen MR) is 64.8 cm³/mol. The molecule has 0 saturated carbocycles. The molecule has 0 bridgehead atoms. The molecule has 5 heteroatoms. The maximum absolute atomic E-state index is 11.9. The second-order valence-electron chi connectivity index (χ2n) is 4.45. The van der Waals surface area contributed by atoms with Gasteiger partial charge in [-0.1, -0.05) is 0 Å². The van der Waals surface area contributed by atoms with Crippen LogP contribution in [-0.2, 0) is 9.53 Å². The van der Waals surface area contributed by atoms with Crippen molar-refractivity contribution in [1.82, 2.24) is 10.2 Å². The van der Waals surface area contributed by atoms with Gasteiger partial charge < -0.3 is 15.0 Å². The van der Waals surface area contributed by atoms with Gasteiger partial charge in [0, 0.05) is 38.7 Å². The summed E-state index contributed by atoms with van der Waals surface area (Å²) >= 11 is 0. The molecule has 1 amide bonds. The van der Waals surface area contributed by atoms with E-state index in [1.54, 1.807) is 0 Å². The zero-order chi connectivity index (χ0) is 10.7. The van der Waals surface area contributed by atoms with Crippen molar-refractivity contribution in [1.29, 1.82) is 0 Å². The number of rotatable bonds is 4. The fourth-order valence-corrected chi connectivity index (χ4v) is 2.17. The normalized spacial score (nSPS) is 25.1. The minimum atomic E-state index is 0. The highest BCUT2D eigenvalue weighted by Gasteiger charge is 2.33. The first kappa shape index (κ1) is 13.7. The van der Waals surface area contributed by atoms with Gasteiger partial charge in [-0.05, 0) is 13.3 Å². The van der Waals surface area contributed by atoms with Crippen molar-refractivity contribution in [3.05, 3.63) is 0 Å². The molecule has 1 unspecified atom stereocenters. The van der Waals surface area contributed by atoms with E-state index < -0.39 is 0 Å². The molecule has 16 heavy (non-hydrogen) atoms. The Hall–Kier alpha value is -0.320. The summed E-state index contributed by atoms with van der Waals surface area (Å²) in [4.78, 5) is 13.9. The Morgan fingerprint density at radius 1 is 1.50 bits per heavy atom. The summed E-state index contributed by atoms with van der Waals surface area (Å²) in [5, 5.41) is 3.14. The van der Waals surface area contributed by atoms with E-state index >= 15 is 0 Å². The van der Waals surface area contributed by atoms with E-state index in [0.717, 1.165) is 45.8 Å². The van der Waals surface area contributed by atoms with E-state index in [-0.39, 0.29) is 18.3 Å². The maximum atomic E-state index is 11.9. The van der Waals surface area contributed by atoms with Gasteiger partial charge in [-0.2, -0.15) is 0 Å². The van der Waals surface area contributed by atoms with Gasteiger partial charge in [0.15, 0.2) is 0 Å². The first-order valence-electron chi connectivity index (χ1n) is 5.88. The van der Waals surface area contributed by atoms with Gasteiger partial charge >= 0.3 is 0 Å². The third-order valence-corrected chi connectivity index (χ3v) is 3.29. The van der Waals surface area contributed by atoms with E-state index in [4.69, 9.17) is 4.74 Å². The number of ether oxygens (including phenoxy) is 1. The Kier molecular flexibility index (Phi) is 5.52. The average molecular weight is 249 g/mol. The molecule has 0 aromatic rings. The summed E-state index contributed by atoms with van der Waals surface area (Å²) in [6.45, 7) is 7.15. The van der Waals surface area contributed by atoms with Crippen LogP contribution in [0.3, 0.4) is 0 Å². The Morgan fingerprint density at radius 2 is 2.25 bits per heavy atom. The molecule has 0 aliphatic carbocycles. The number of carbonyl (C=O) groups is 1. The van der Waals surface area contributed by atoms with Gasteiger partial charge in [-0.25, -0.2) is 0 Å². The molecule has 2 saturated heterocycles. The lowest BCUT2D eigenvalue weighted by molar-refractivity contribution is -0.136. The van der Waals surface area contributed by atoms with Crippen molar-refractivity contribution in [2.45, 2.75) is 13.3 Å². The van der Waals surface area contributed by atoms with Crippen LogP contribution in [0, 0.1) is 11.8 Å². The van der Waals surface area contributed by atoms with Crippen molar-refractivity contribution >= 4 is 18.3 Å². The SMILES string of the molecule is CCOCC1CCN(C(=O)C2CNC2)C1.Cl. The second-order valence-corrected chi connectivity index (χ2v) is 4.45. The molecule has 0 spiro atoms. The quantitative estimate of drug-likeness (QED) is 0.789. The summed E-state index contributed by atoms with van der Waals surface area (Å²) in [6, 6.07) is 0. The van der Waals surface area contributed by atoms with Crippen molar-refractivity contribution in [2.75, 3.05) is 39.4 Å². The highest BCUT2D eigenvalue weighted by Crippen LogP contribution is 2.19. The molecule has 0 aromatic carbocycles. The monoisotopic (exact) mass is 248 g/mol. The summed E-state index contributed by atoms with van der Waals surface area (Å²) in [5.74, 6) is 1.14. The van der Waals surface area contributed by atoms with E-state index in [0.29, 0.717) is 11.8 Å².